The number of likely N-dealkylation sites (tertiary alicyclic amines) is 1. The number of hydrogen-bond acceptors (Lipinski definition) is 5. The van der Waals surface area contributed by atoms with Crippen LogP contribution in [0.5, 0.6) is 5.75 Å². The van der Waals surface area contributed by atoms with E-state index < -0.39 is 6.04 Å². The average Bonchev–Trinajstić information content (AvgIpc) is 2.54. The second kappa shape index (κ2) is 7.41. The number of piperidine rings is 1. The van der Waals surface area contributed by atoms with Gasteiger partial charge in [0.1, 0.15) is 5.75 Å². The van der Waals surface area contributed by atoms with Gasteiger partial charge in [0.15, 0.2) is 5.69 Å². The molecule has 1 aliphatic heterocycles. The Bertz CT molecular complexity index is 568. The van der Waals surface area contributed by atoms with Crippen molar-refractivity contribution in [3.63, 3.8) is 0 Å². The van der Waals surface area contributed by atoms with Gasteiger partial charge in [-0.1, -0.05) is 0 Å². The van der Waals surface area contributed by atoms with Crippen LogP contribution < -0.4 is 11.1 Å². The predicted molar refractivity (Wildman–Crippen MR) is 85.8 cm³/mol. The monoisotopic (exact) mass is 320 g/mol. The summed E-state index contributed by atoms with van der Waals surface area (Å²) in [6.45, 7) is 4.93. The fraction of sp³-hybridized carbons (Fsp3) is 0.562. The van der Waals surface area contributed by atoms with Crippen LogP contribution in [0.15, 0.2) is 18.3 Å². The number of pyridine rings is 1. The van der Waals surface area contributed by atoms with E-state index in [1.165, 1.54) is 12.3 Å². The number of carbonyl (C=O) groups is 2. The zero-order valence-electron chi connectivity index (χ0n) is 13.5. The summed E-state index contributed by atoms with van der Waals surface area (Å²) in [6.07, 6.45) is 3.10. The third-order valence-electron chi connectivity index (χ3n) is 4.31. The van der Waals surface area contributed by atoms with Gasteiger partial charge in [-0.05, 0) is 44.7 Å². The molecule has 7 heteroatoms. The van der Waals surface area contributed by atoms with Crippen molar-refractivity contribution < 1.29 is 14.7 Å². The van der Waals surface area contributed by atoms with E-state index in [0.717, 1.165) is 12.8 Å². The summed E-state index contributed by atoms with van der Waals surface area (Å²) in [7, 11) is 0. The quantitative estimate of drug-likeness (QED) is 0.748. The maximum absolute atomic E-state index is 12.2. The first-order valence-corrected chi connectivity index (χ1v) is 7.89. The van der Waals surface area contributed by atoms with Crippen LogP contribution in [-0.4, -0.2) is 52.0 Å². The number of hydrogen-bond donors (Lipinski definition) is 3. The van der Waals surface area contributed by atoms with E-state index in [2.05, 4.69) is 10.3 Å². The van der Waals surface area contributed by atoms with Crippen LogP contribution in [0, 0.1) is 5.92 Å². The predicted octanol–water partition coefficient (Wildman–Crippen LogP) is 0.491. The van der Waals surface area contributed by atoms with Crippen LogP contribution in [0.4, 0.5) is 0 Å². The Balaban J connectivity index is 1.88. The lowest BCUT2D eigenvalue weighted by Gasteiger charge is -2.35. The summed E-state index contributed by atoms with van der Waals surface area (Å²) in [5, 5.41) is 12.6. The number of amides is 2. The molecule has 0 spiro atoms. The first-order valence-electron chi connectivity index (χ1n) is 7.89. The number of rotatable bonds is 4. The van der Waals surface area contributed by atoms with Gasteiger partial charge in [0.2, 0.25) is 5.91 Å². The van der Waals surface area contributed by atoms with Gasteiger partial charge >= 0.3 is 0 Å². The first-order chi connectivity index (χ1) is 10.9. The molecule has 0 aliphatic carbocycles. The van der Waals surface area contributed by atoms with Crippen molar-refractivity contribution >= 4 is 11.8 Å². The van der Waals surface area contributed by atoms with Crippen molar-refractivity contribution in [3.05, 3.63) is 24.0 Å². The Labute approximate surface area is 135 Å². The highest BCUT2D eigenvalue weighted by Crippen LogP contribution is 2.22. The first kappa shape index (κ1) is 17.2. The summed E-state index contributed by atoms with van der Waals surface area (Å²) >= 11 is 0. The van der Waals surface area contributed by atoms with E-state index >= 15 is 0 Å². The number of carbonyl (C=O) groups excluding carboxylic acids is 2. The van der Waals surface area contributed by atoms with Crippen LogP contribution >= 0.6 is 0 Å². The number of nitrogens with zero attached hydrogens (tertiary/aromatic N) is 2. The van der Waals surface area contributed by atoms with Gasteiger partial charge in [-0.2, -0.15) is 0 Å². The van der Waals surface area contributed by atoms with Crippen molar-refractivity contribution in [1.82, 2.24) is 15.2 Å². The maximum atomic E-state index is 12.2. The van der Waals surface area contributed by atoms with Crippen molar-refractivity contribution in [2.45, 2.75) is 38.8 Å². The molecule has 1 saturated heterocycles. The maximum Gasteiger partial charge on any atom is 0.273 e. The fourth-order valence-electron chi connectivity index (χ4n) is 2.87. The lowest BCUT2D eigenvalue weighted by Crippen LogP contribution is -2.49. The Morgan fingerprint density at radius 3 is 2.61 bits per heavy atom. The summed E-state index contributed by atoms with van der Waals surface area (Å²) < 4.78 is 0. The molecule has 2 amide bonds. The number of nitrogens with two attached hydrogens (primary N) is 1. The Morgan fingerprint density at radius 1 is 1.39 bits per heavy atom. The molecule has 7 nitrogen and oxygen atoms in total. The third-order valence-corrected chi connectivity index (χ3v) is 4.31. The molecule has 126 valence electrons. The van der Waals surface area contributed by atoms with Gasteiger partial charge in [0, 0.05) is 25.3 Å². The zero-order valence-corrected chi connectivity index (χ0v) is 13.5. The Morgan fingerprint density at radius 2 is 2.04 bits per heavy atom. The molecule has 1 aromatic heterocycles. The van der Waals surface area contributed by atoms with Crippen LogP contribution in [-0.2, 0) is 4.79 Å². The van der Waals surface area contributed by atoms with Crippen LogP contribution in [0.3, 0.4) is 0 Å². The summed E-state index contributed by atoms with van der Waals surface area (Å²) in [5.41, 5.74) is 5.66. The van der Waals surface area contributed by atoms with Crippen molar-refractivity contribution in [3.8, 4) is 5.75 Å². The van der Waals surface area contributed by atoms with Crippen LogP contribution in [0.2, 0.25) is 0 Å². The normalized spacial score (nSPS) is 18.3. The summed E-state index contributed by atoms with van der Waals surface area (Å²) in [5.74, 6) is -0.264. The topological polar surface area (TPSA) is 109 Å². The standard InChI is InChI=1S/C16H24N4O3/c1-10(17)16(23)20-8-5-12(6-9-20)11(2)19-15(22)14-13(21)4-3-7-18-14/h3-4,7,10-12,21H,5-6,8-9,17H2,1-2H3,(H,19,22). The van der Waals surface area contributed by atoms with E-state index in [1.54, 1.807) is 17.9 Å². The highest BCUT2D eigenvalue weighted by Gasteiger charge is 2.28. The van der Waals surface area contributed by atoms with E-state index in [0.29, 0.717) is 13.1 Å². The van der Waals surface area contributed by atoms with E-state index in [-0.39, 0.29) is 35.2 Å². The van der Waals surface area contributed by atoms with Crippen molar-refractivity contribution in [1.29, 1.82) is 0 Å². The zero-order chi connectivity index (χ0) is 17.0. The van der Waals surface area contributed by atoms with E-state index in [9.17, 15) is 14.7 Å². The summed E-state index contributed by atoms with van der Waals surface area (Å²) in [6, 6.07) is 2.47. The van der Waals surface area contributed by atoms with E-state index in [4.69, 9.17) is 5.73 Å². The molecular weight excluding hydrogens is 296 g/mol. The van der Waals surface area contributed by atoms with Crippen molar-refractivity contribution in [2.24, 2.45) is 11.7 Å². The molecule has 1 aromatic rings. The molecule has 4 N–H and O–H groups in total. The second-order valence-electron chi connectivity index (χ2n) is 6.08. The van der Waals surface area contributed by atoms with Gasteiger partial charge in [0.05, 0.1) is 6.04 Å². The molecule has 0 saturated carbocycles. The molecule has 0 bridgehead atoms. The molecule has 1 aliphatic rings. The molecule has 2 atom stereocenters. The Kier molecular flexibility index (Phi) is 5.54. The molecular formula is C16H24N4O3. The molecule has 2 rings (SSSR count). The smallest absolute Gasteiger partial charge is 0.273 e. The SMILES string of the molecule is CC(N)C(=O)N1CCC(C(C)NC(=O)c2ncccc2O)CC1. The lowest BCUT2D eigenvalue weighted by molar-refractivity contribution is -0.133. The largest absolute Gasteiger partial charge is 0.505 e. The minimum atomic E-state index is -0.476. The molecule has 2 unspecified atom stereocenters. The minimum Gasteiger partial charge on any atom is -0.505 e. The second-order valence-corrected chi connectivity index (χ2v) is 6.08. The van der Waals surface area contributed by atoms with Gasteiger partial charge in [0.25, 0.3) is 5.91 Å². The lowest BCUT2D eigenvalue weighted by atomic mass is 9.90. The average molecular weight is 320 g/mol. The molecule has 0 radical (unpaired) electrons. The molecule has 2 heterocycles. The van der Waals surface area contributed by atoms with Crippen LogP contribution in [0.1, 0.15) is 37.2 Å². The number of aromatic hydroxyl groups is 1. The van der Waals surface area contributed by atoms with Gasteiger partial charge in [-0.3, -0.25) is 9.59 Å². The highest BCUT2D eigenvalue weighted by molar-refractivity contribution is 5.94. The fourth-order valence-corrected chi connectivity index (χ4v) is 2.87. The minimum absolute atomic E-state index is 0.0291. The molecule has 1 fully saturated rings. The van der Waals surface area contributed by atoms with Gasteiger partial charge < -0.3 is 21.1 Å². The summed E-state index contributed by atoms with van der Waals surface area (Å²) in [4.78, 5) is 29.7. The van der Waals surface area contributed by atoms with Crippen LogP contribution in [0.25, 0.3) is 0 Å². The van der Waals surface area contributed by atoms with Gasteiger partial charge in [-0.25, -0.2) is 4.98 Å². The number of aromatic nitrogens is 1. The van der Waals surface area contributed by atoms with Gasteiger partial charge in [-0.15, -0.1) is 0 Å². The van der Waals surface area contributed by atoms with Crippen molar-refractivity contribution in [2.75, 3.05) is 13.1 Å². The number of nitrogens with one attached hydrogen (secondary N) is 1. The third kappa shape index (κ3) is 4.19. The Hall–Kier alpha value is -2.15. The van der Waals surface area contributed by atoms with E-state index in [1.807, 2.05) is 6.92 Å². The molecule has 23 heavy (non-hydrogen) atoms. The molecule has 0 aromatic carbocycles. The highest BCUT2D eigenvalue weighted by atomic mass is 16.3.